The Morgan fingerprint density at radius 3 is 2.91 bits per heavy atom. The maximum absolute atomic E-state index is 12.5. The second-order valence-electron chi connectivity index (χ2n) is 6.15. The number of carbonyl (C=O) groups is 2. The third-order valence-corrected chi connectivity index (χ3v) is 5.39. The summed E-state index contributed by atoms with van der Waals surface area (Å²) in [5.74, 6) is 0.699. The van der Waals surface area contributed by atoms with E-state index in [1.165, 1.54) is 19.3 Å². The highest BCUT2D eigenvalue weighted by Crippen LogP contribution is 2.27. The molecule has 1 aromatic heterocycles. The van der Waals surface area contributed by atoms with Gasteiger partial charge in [-0.1, -0.05) is 12.5 Å². The molecule has 1 saturated heterocycles. The lowest BCUT2D eigenvalue weighted by Gasteiger charge is -2.37. The van der Waals surface area contributed by atoms with Crippen LogP contribution < -0.4 is 10.6 Å². The summed E-state index contributed by atoms with van der Waals surface area (Å²) in [6.07, 6.45) is 4.00. The van der Waals surface area contributed by atoms with Crippen LogP contribution in [0.3, 0.4) is 0 Å². The van der Waals surface area contributed by atoms with E-state index in [0.717, 1.165) is 24.5 Å². The van der Waals surface area contributed by atoms with E-state index < -0.39 is 0 Å². The molecule has 1 aromatic rings. The average Bonchev–Trinajstić information content (AvgIpc) is 2.97. The van der Waals surface area contributed by atoms with Gasteiger partial charge in [0.2, 0.25) is 11.8 Å². The zero-order valence-corrected chi connectivity index (χ0v) is 14.8. The fourth-order valence-electron chi connectivity index (χ4n) is 2.98. The molecule has 2 N–H and O–H groups in total. The van der Waals surface area contributed by atoms with Gasteiger partial charge in [0.1, 0.15) is 0 Å². The third-order valence-electron chi connectivity index (χ3n) is 4.51. The smallest absolute Gasteiger partial charge is 0.240 e. The van der Waals surface area contributed by atoms with Crippen molar-refractivity contribution in [2.24, 2.45) is 5.92 Å². The van der Waals surface area contributed by atoms with Crippen LogP contribution in [0.25, 0.3) is 0 Å². The summed E-state index contributed by atoms with van der Waals surface area (Å²) in [5, 5.41) is 8.07. The molecular weight excluding hydrogens is 334 g/mol. The van der Waals surface area contributed by atoms with Crippen molar-refractivity contribution in [1.82, 2.24) is 15.5 Å². The summed E-state index contributed by atoms with van der Waals surface area (Å²) in [5.41, 5.74) is 0. The van der Waals surface area contributed by atoms with Crippen molar-refractivity contribution in [1.29, 1.82) is 0 Å². The Hall–Kier alpha value is -1.11. The van der Waals surface area contributed by atoms with Crippen LogP contribution in [0, 0.1) is 5.92 Å². The van der Waals surface area contributed by atoms with Gasteiger partial charge in [-0.2, -0.15) is 0 Å². The normalized spacial score (nSPS) is 21.5. The molecule has 0 bridgehead atoms. The molecule has 1 atom stereocenters. The predicted octanol–water partition coefficient (Wildman–Crippen LogP) is 1.78. The maximum atomic E-state index is 12.5. The molecule has 2 heterocycles. The summed E-state index contributed by atoms with van der Waals surface area (Å²) in [6.45, 7) is 2.96. The molecule has 0 aromatic carbocycles. The van der Waals surface area contributed by atoms with Gasteiger partial charge in [-0.05, 0) is 30.2 Å². The molecule has 1 saturated carbocycles. The van der Waals surface area contributed by atoms with Gasteiger partial charge in [-0.15, -0.1) is 23.7 Å². The number of nitrogens with one attached hydrogen (secondary N) is 2. The van der Waals surface area contributed by atoms with Gasteiger partial charge < -0.3 is 15.5 Å². The van der Waals surface area contributed by atoms with Crippen molar-refractivity contribution in [2.45, 2.75) is 38.3 Å². The molecule has 7 heteroatoms. The van der Waals surface area contributed by atoms with Crippen LogP contribution in [0.5, 0.6) is 0 Å². The molecule has 1 unspecified atom stereocenters. The maximum Gasteiger partial charge on any atom is 0.240 e. The van der Waals surface area contributed by atoms with Gasteiger partial charge in [-0.3, -0.25) is 9.59 Å². The minimum absolute atomic E-state index is 0. The van der Waals surface area contributed by atoms with E-state index in [4.69, 9.17) is 0 Å². The van der Waals surface area contributed by atoms with E-state index in [-0.39, 0.29) is 36.7 Å². The van der Waals surface area contributed by atoms with Crippen LogP contribution in [0.4, 0.5) is 0 Å². The van der Waals surface area contributed by atoms with E-state index in [1.807, 2.05) is 22.4 Å². The summed E-state index contributed by atoms with van der Waals surface area (Å²) in [6, 6.07) is 3.60. The van der Waals surface area contributed by atoms with Crippen LogP contribution in [0.15, 0.2) is 17.5 Å². The molecular formula is C16H24ClN3O2S. The Balaban J connectivity index is 0.00000192. The van der Waals surface area contributed by atoms with E-state index in [0.29, 0.717) is 12.5 Å². The number of piperazine rings is 1. The summed E-state index contributed by atoms with van der Waals surface area (Å²) in [4.78, 5) is 27.6. The lowest BCUT2D eigenvalue weighted by atomic mass is 9.85. The van der Waals surface area contributed by atoms with E-state index in [9.17, 15) is 9.59 Å². The molecule has 2 aliphatic rings. The Morgan fingerprint density at radius 2 is 2.26 bits per heavy atom. The average molecular weight is 358 g/mol. The highest BCUT2D eigenvalue weighted by atomic mass is 35.5. The highest BCUT2D eigenvalue weighted by molar-refractivity contribution is 7.09. The van der Waals surface area contributed by atoms with Crippen LogP contribution in [0.2, 0.25) is 0 Å². The van der Waals surface area contributed by atoms with Gasteiger partial charge in [0.05, 0.1) is 19.0 Å². The minimum atomic E-state index is -0.364. The number of rotatable bonds is 6. The predicted molar refractivity (Wildman–Crippen MR) is 93.7 cm³/mol. The third kappa shape index (κ3) is 4.93. The second kappa shape index (κ2) is 8.66. The van der Waals surface area contributed by atoms with Crippen molar-refractivity contribution in [2.75, 3.05) is 19.6 Å². The highest BCUT2D eigenvalue weighted by Gasteiger charge is 2.32. The Morgan fingerprint density at radius 1 is 1.43 bits per heavy atom. The number of thiophene rings is 1. The number of amides is 2. The Kier molecular flexibility index (Phi) is 6.87. The lowest BCUT2D eigenvalue weighted by Crippen LogP contribution is -2.57. The van der Waals surface area contributed by atoms with E-state index >= 15 is 0 Å². The lowest BCUT2D eigenvalue weighted by molar-refractivity contribution is -0.139. The van der Waals surface area contributed by atoms with Gasteiger partial charge in [0.15, 0.2) is 0 Å². The largest absolute Gasteiger partial charge is 0.351 e. The number of carbonyl (C=O) groups excluding carboxylic acids is 2. The molecule has 2 fully saturated rings. The second-order valence-corrected chi connectivity index (χ2v) is 7.18. The molecule has 128 valence electrons. The zero-order valence-electron chi connectivity index (χ0n) is 13.1. The number of halogens is 1. The monoisotopic (exact) mass is 357 g/mol. The SMILES string of the molecule is Cl.O=C(CC1NCCN(CC2CCC2)C1=O)NCc1cccs1. The first-order chi connectivity index (χ1) is 10.7. The van der Waals surface area contributed by atoms with Crippen LogP contribution in [-0.4, -0.2) is 42.4 Å². The number of nitrogens with zero attached hydrogens (tertiary/aromatic N) is 1. The number of hydrogen-bond donors (Lipinski definition) is 2. The van der Waals surface area contributed by atoms with Crippen molar-refractivity contribution in [3.63, 3.8) is 0 Å². The molecule has 23 heavy (non-hydrogen) atoms. The Labute approximate surface area is 147 Å². The van der Waals surface area contributed by atoms with Crippen LogP contribution >= 0.6 is 23.7 Å². The standard InChI is InChI=1S/C16H23N3O2S.ClH/c20-15(18-10-13-5-2-8-22-13)9-14-16(21)19(7-6-17-14)11-12-3-1-4-12;/h2,5,8,12,14,17H,1,3-4,6-7,9-11H2,(H,18,20);1H. The minimum Gasteiger partial charge on any atom is -0.351 e. The fraction of sp³-hybridized carbons (Fsp3) is 0.625. The first-order valence-corrected chi connectivity index (χ1v) is 8.91. The summed E-state index contributed by atoms with van der Waals surface area (Å²) in [7, 11) is 0. The van der Waals surface area contributed by atoms with Crippen molar-refractivity contribution in [3.8, 4) is 0 Å². The zero-order chi connectivity index (χ0) is 15.4. The van der Waals surface area contributed by atoms with Crippen LogP contribution in [-0.2, 0) is 16.1 Å². The van der Waals surface area contributed by atoms with Gasteiger partial charge in [-0.25, -0.2) is 0 Å². The van der Waals surface area contributed by atoms with Crippen molar-refractivity contribution < 1.29 is 9.59 Å². The van der Waals surface area contributed by atoms with Crippen LogP contribution in [0.1, 0.15) is 30.6 Å². The quantitative estimate of drug-likeness (QED) is 0.815. The first kappa shape index (κ1) is 18.2. The van der Waals surface area contributed by atoms with Gasteiger partial charge >= 0.3 is 0 Å². The summed E-state index contributed by atoms with van der Waals surface area (Å²) < 4.78 is 0. The number of hydrogen-bond acceptors (Lipinski definition) is 4. The molecule has 2 amide bonds. The molecule has 3 rings (SSSR count). The molecule has 1 aliphatic heterocycles. The van der Waals surface area contributed by atoms with Gasteiger partial charge in [0, 0.05) is 24.5 Å². The Bertz CT molecular complexity index is 519. The van der Waals surface area contributed by atoms with Crippen molar-refractivity contribution in [3.05, 3.63) is 22.4 Å². The molecule has 0 spiro atoms. The van der Waals surface area contributed by atoms with E-state index in [2.05, 4.69) is 10.6 Å². The molecule has 0 radical (unpaired) electrons. The molecule has 1 aliphatic carbocycles. The van der Waals surface area contributed by atoms with E-state index in [1.54, 1.807) is 11.3 Å². The van der Waals surface area contributed by atoms with Gasteiger partial charge in [0.25, 0.3) is 0 Å². The topological polar surface area (TPSA) is 61.4 Å². The summed E-state index contributed by atoms with van der Waals surface area (Å²) >= 11 is 1.62. The first-order valence-electron chi connectivity index (χ1n) is 8.03. The fourth-order valence-corrected chi connectivity index (χ4v) is 3.62. The van der Waals surface area contributed by atoms with Crippen molar-refractivity contribution >= 4 is 35.6 Å². The molecule has 5 nitrogen and oxygen atoms in total.